The summed E-state index contributed by atoms with van der Waals surface area (Å²) < 4.78 is 1.04. The zero-order valence-corrected chi connectivity index (χ0v) is 11.8. The Balaban J connectivity index is 1.91. The SMILES string of the molecule is O=C(Cc1ccccc1[N+](=O)[O-])c1cc2ccccc2s1. The normalized spacial score (nSPS) is 10.7. The van der Waals surface area contributed by atoms with Gasteiger partial charge in [-0.1, -0.05) is 36.4 Å². The van der Waals surface area contributed by atoms with E-state index in [9.17, 15) is 14.9 Å². The molecule has 0 aliphatic carbocycles. The number of nitro benzene ring substituents is 1. The fourth-order valence-electron chi connectivity index (χ4n) is 2.22. The Morgan fingerprint density at radius 2 is 1.81 bits per heavy atom. The molecule has 0 saturated heterocycles. The number of nitrogens with zero attached hydrogens (tertiary/aromatic N) is 1. The molecule has 5 heteroatoms. The fraction of sp³-hybridized carbons (Fsp3) is 0.0625. The van der Waals surface area contributed by atoms with Crippen LogP contribution in [0.4, 0.5) is 5.69 Å². The molecule has 0 aliphatic heterocycles. The Hall–Kier alpha value is -2.53. The molecule has 4 nitrogen and oxygen atoms in total. The van der Waals surface area contributed by atoms with Crippen molar-refractivity contribution in [1.82, 2.24) is 0 Å². The van der Waals surface area contributed by atoms with E-state index in [0.29, 0.717) is 10.4 Å². The minimum absolute atomic E-state index is 0.00744. The van der Waals surface area contributed by atoms with Gasteiger partial charge in [0.05, 0.1) is 9.80 Å². The number of rotatable bonds is 4. The van der Waals surface area contributed by atoms with Gasteiger partial charge in [0.15, 0.2) is 5.78 Å². The number of carbonyl (C=O) groups is 1. The van der Waals surface area contributed by atoms with E-state index in [1.54, 1.807) is 18.2 Å². The molecular formula is C16H11NO3S. The topological polar surface area (TPSA) is 60.2 Å². The highest BCUT2D eigenvalue weighted by Crippen LogP contribution is 2.27. The van der Waals surface area contributed by atoms with E-state index < -0.39 is 4.92 Å². The second kappa shape index (κ2) is 5.46. The third kappa shape index (κ3) is 2.68. The van der Waals surface area contributed by atoms with Crippen molar-refractivity contribution in [2.75, 3.05) is 0 Å². The Kier molecular flexibility index (Phi) is 3.50. The van der Waals surface area contributed by atoms with Crippen LogP contribution in [0.3, 0.4) is 0 Å². The van der Waals surface area contributed by atoms with Crippen molar-refractivity contribution in [3.63, 3.8) is 0 Å². The lowest BCUT2D eigenvalue weighted by Gasteiger charge is -2.00. The number of carbonyl (C=O) groups excluding carboxylic acids is 1. The molecule has 1 aromatic heterocycles. The lowest BCUT2D eigenvalue weighted by atomic mass is 10.1. The molecule has 1 heterocycles. The van der Waals surface area contributed by atoms with Gasteiger partial charge in [-0.2, -0.15) is 0 Å². The van der Waals surface area contributed by atoms with Crippen molar-refractivity contribution >= 4 is 32.9 Å². The van der Waals surface area contributed by atoms with E-state index in [-0.39, 0.29) is 17.9 Å². The first-order valence-electron chi connectivity index (χ1n) is 6.39. The molecule has 0 unspecified atom stereocenters. The van der Waals surface area contributed by atoms with E-state index >= 15 is 0 Å². The third-order valence-corrected chi connectivity index (χ3v) is 4.40. The van der Waals surface area contributed by atoms with Gasteiger partial charge in [-0.05, 0) is 17.5 Å². The first-order valence-corrected chi connectivity index (χ1v) is 7.21. The maximum atomic E-state index is 12.3. The fourth-order valence-corrected chi connectivity index (χ4v) is 3.22. The molecule has 0 atom stereocenters. The Morgan fingerprint density at radius 1 is 1.10 bits per heavy atom. The van der Waals surface area contributed by atoms with Crippen molar-refractivity contribution in [3.05, 3.63) is 75.2 Å². The number of benzene rings is 2. The van der Waals surface area contributed by atoms with Gasteiger partial charge in [-0.15, -0.1) is 11.3 Å². The average molecular weight is 297 g/mol. The van der Waals surface area contributed by atoms with Gasteiger partial charge in [-0.25, -0.2) is 0 Å². The number of thiophene rings is 1. The summed E-state index contributed by atoms with van der Waals surface area (Å²) in [6.45, 7) is 0. The highest BCUT2D eigenvalue weighted by molar-refractivity contribution is 7.20. The zero-order valence-electron chi connectivity index (χ0n) is 11.0. The predicted molar refractivity (Wildman–Crippen MR) is 83.0 cm³/mol. The maximum Gasteiger partial charge on any atom is 0.273 e. The van der Waals surface area contributed by atoms with Crippen LogP contribution in [0.25, 0.3) is 10.1 Å². The van der Waals surface area contributed by atoms with Crippen molar-refractivity contribution < 1.29 is 9.72 Å². The van der Waals surface area contributed by atoms with Crippen molar-refractivity contribution in [3.8, 4) is 0 Å². The molecule has 0 radical (unpaired) electrons. The van der Waals surface area contributed by atoms with Crippen LogP contribution >= 0.6 is 11.3 Å². The van der Waals surface area contributed by atoms with Crippen LogP contribution in [0.2, 0.25) is 0 Å². The first kappa shape index (κ1) is 13.5. The predicted octanol–water partition coefficient (Wildman–Crippen LogP) is 4.23. The van der Waals surface area contributed by atoms with Gasteiger partial charge >= 0.3 is 0 Å². The Labute approximate surface area is 124 Å². The molecule has 0 saturated carbocycles. The lowest BCUT2D eigenvalue weighted by molar-refractivity contribution is -0.385. The van der Waals surface area contributed by atoms with E-state index in [4.69, 9.17) is 0 Å². The van der Waals surface area contributed by atoms with Gasteiger partial charge in [0.1, 0.15) is 0 Å². The van der Waals surface area contributed by atoms with E-state index in [0.717, 1.165) is 10.1 Å². The van der Waals surface area contributed by atoms with Gasteiger partial charge in [0, 0.05) is 22.8 Å². The molecule has 0 aliphatic rings. The number of fused-ring (bicyclic) bond motifs is 1. The van der Waals surface area contributed by atoms with E-state index in [1.807, 2.05) is 30.3 Å². The molecule has 3 rings (SSSR count). The lowest BCUT2D eigenvalue weighted by Crippen LogP contribution is -2.04. The Morgan fingerprint density at radius 3 is 2.57 bits per heavy atom. The summed E-state index contributed by atoms with van der Waals surface area (Å²) in [4.78, 5) is 23.5. The number of nitro groups is 1. The molecule has 104 valence electrons. The number of hydrogen-bond donors (Lipinski definition) is 0. The standard InChI is InChI=1S/C16H11NO3S/c18-14(9-11-5-1-3-7-13(11)17(19)20)16-10-12-6-2-4-8-15(12)21-16/h1-8,10H,9H2. The van der Waals surface area contributed by atoms with Gasteiger partial charge < -0.3 is 0 Å². The van der Waals surface area contributed by atoms with Crippen LogP contribution in [-0.4, -0.2) is 10.7 Å². The van der Waals surface area contributed by atoms with Crippen LogP contribution in [0.15, 0.2) is 54.6 Å². The summed E-state index contributed by atoms with van der Waals surface area (Å²) >= 11 is 1.42. The monoisotopic (exact) mass is 297 g/mol. The Bertz CT molecular complexity index is 805. The zero-order chi connectivity index (χ0) is 14.8. The molecule has 0 amide bonds. The van der Waals surface area contributed by atoms with Crippen molar-refractivity contribution in [2.24, 2.45) is 0 Å². The summed E-state index contributed by atoms with van der Waals surface area (Å²) in [6, 6.07) is 16.0. The van der Waals surface area contributed by atoms with Crippen LogP contribution in [-0.2, 0) is 6.42 Å². The maximum absolute atomic E-state index is 12.3. The summed E-state index contributed by atoms with van der Waals surface area (Å²) in [5, 5.41) is 12.0. The summed E-state index contributed by atoms with van der Waals surface area (Å²) in [5.41, 5.74) is 0.442. The van der Waals surface area contributed by atoms with Gasteiger partial charge in [0.2, 0.25) is 0 Å². The van der Waals surface area contributed by atoms with E-state index in [1.165, 1.54) is 17.4 Å². The average Bonchev–Trinajstić information content (AvgIpc) is 2.91. The summed E-state index contributed by atoms with van der Waals surface area (Å²) in [6.07, 6.45) is 0.0456. The number of ketones is 1. The molecule has 3 aromatic rings. The molecule has 0 fully saturated rings. The largest absolute Gasteiger partial charge is 0.293 e. The minimum Gasteiger partial charge on any atom is -0.293 e. The second-order valence-corrected chi connectivity index (χ2v) is 5.72. The third-order valence-electron chi connectivity index (χ3n) is 3.24. The van der Waals surface area contributed by atoms with Gasteiger partial charge in [0.25, 0.3) is 5.69 Å². The first-order chi connectivity index (χ1) is 10.1. The highest BCUT2D eigenvalue weighted by Gasteiger charge is 2.17. The quantitative estimate of drug-likeness (QED) is 0.411. The highest BCUT2D eigenvalue weighted by atomic mass is 32.1. The molecular weight excluding hydrogens is 286 g/mol. The van der Waals surface area contributed by atoms with E-state index in [2.05, 4.69) is 0 Å². The van der Waals surface area contributed by atoms with Crippen LogP contribution < -0.4 is 0 Å². The summed E-state index contributed by atoms with van der Waals surface area (Å²) in [7, 11) is 0. The molecule has 2 aromatic carbocycles. The molecule has 0 N–H and O–H groups in total. The van der Waals surface area contributed by atoms with Crippen LogP contribution in [0.1, 0.15) is 15.2 Å². The van der Waals surface area contributed by atoms with Gasteiger partial charge in [-0.3, -0.25) is 14.9 Å². The van der Waals surface area contributed by atoms with Crippen LogP contribution in [0.5, 0.6) is 0 Å². The molecule has 0 spiro atoms. The summed E-state index contributed by atoms with van der Waals surface area (Å²) in [5.74, 6) is -0.0921. The molecule has 21 heavy (non-hydrogen) atoms. The van der Waals surface area contributed by atoms with Crippen LogP contribution in [0, 0.1) is 10.1 Å². The van der Waals surface area contributed by atoms with Crippen molar-refractivity contribution in [2.45, 2.75) is 6.42 Å². The molecule has 0 bridgehead atoms. The second-order valence-electron chi connectivity index (χ2n) is 4.63. The van der Waals surface area contributed by atoms with Crippen molar-refractivity contribution in [1.29, 1.82) is 0 Å². The number of para-hydroxylation sites is 1. The number of Topliss-reactive ketones (excluding diaryl/α,β-unsaturated/α-hetero) is 1. The smallest absolute Gasteiger partial charge is 0.273 e. The number of hydrogen-bond acceptors (Lipinski definition) is 4. The minimum atomic E-state index is -0.451.